The smallest absolute Gasteiger partial charge is 0.0598 e. The molecule has 0 aliphatic carbocycles. The van der Waals surface area contributed by atoms with E-state index in [0.29, 0.717) is 10.0 Å². The fraction of sp³-hybridized carbons (Fsp3) is 0. The van der Waals surface area contributed by atoms with Crippen LogP contribution in [0.4, 0.5) is 0 Å². The predicted molar refractivity (Wildman–Crippen MR) is 79.4 cm³/mol. The average Bonchev–Trinajstić information content (AvgIpc) is 2.41. The highest BCUT2D eigenvalue weighted by Crippen LogP contribution is 2.30. The van der Waals surface area contributed by atoms with Crippen molar-refractivity contribution < 1.29 is 0 Å². The standard InChI is InChI=1S/C16H10Cl2/c17-15-8-7-14(10-16(15)18)13-6-5-11-3-1-2-4-12(11)9-13/h1-10H. The van der Waals surface area contributed by atoms with Crippen molar-refractivity contribution in [2.75, 3.05) is 0 Å². The van der Waals surface area contributed by atoms with Gasteiger partial charge in [-0.2, -0.15) is 0 Å². The molecule has 88 valence electrons. The second-order valence-corrected chi connectivity index (χ2v) is 5.01. The van der Waals surface area contributed by atoms with Gasteiger partial charge in [-0.1, -0.05) is 65.7 Å². The number of halogens is 2. The largest absolute Gasteiger partial charge is 0.0827 e. The molecule has 3 rings (SSSR count). The summed E-state index contributed by atoms with van der Waals surface area (Å²) < 4.78 is 0. The molecule has 0 aromatic heterocycles. The minimum Gasteiger partial charge on any atom is -0.0827 e. The van der Waals surface area contributed by atoms with Crippen LogP contribution in [0.25, 0.3) is 21.9 Å². The number of rotatable bonds is 1. The van der Waals surface area contributed by atoms with Gasteiger partial charge in [-0.15, -0.1) is 0 Å². The Hall–Kier alpha value is -1.50. The van der Waals surface area contributed by atoms with E-state index < -0.39 is 0 Å². The summed E-state index contributed by atoms with van der Waals surface area (Å²) in [7, 11) is 0. The van der Waals surface area contributed by atoms with Crippen LogP contribution in [0.1, 0.15) is 0 Å². The summed E-state index contributed by atoms with van der Waals surface area (Å²) >= 11 is 12.0. The van der Waals surface area contributed by atoms with E-state index in [0.717, 1.165) is 11.1 Å². The molecule has 3 aromatic carbocycles. The maximum Gasteiger partial charge on any atom is 0.0598 e. The lowest BCUT2D eigenvalue weighted by Crippen LogP contribution is -1.79. The number of hydrogen-bond donors (Lipinski definition) is 0. The Kier molecular flexibility index (Phi) is 2.99. The Labute approximate surface area is 116 Å². The monoisotopic (exact) mass is 272 g/mol. The summed E-state index contributed by atoms with van der Waals surface area (Å²) in [6.07, 6.45) is 0. The van der Waals surface area contributed by atoms with E-state index in [1.165, 1.54) is 10.8 Å². The van der Waals surface area contributed by atoms with Crippen LogP contribution < -0.4 is 0 Å². The van der Waals surface area contributed by atoms with Crippen LogP contribution >= 0.6 is 23.2 Å². The zero-order chi connectivity index (χ0) is 12.5. The van der Waals surface area contributed by atoms with Crippen LogP contribution in [0.5, 0.6) is 0 Å². The van der Waals surface area contributed by atoms with Crippen molar-refractivity contribution in [1.29, 1.82) is 0 Å². The molecular weight excluding hydrogens is 263 g/mol. The van der Waals surface area contributed by atoms with E-state index in [2.05, 4.69) is 30.3 Å². The summed E-state index contributed by atoms with van der Waals surface area (Å²) in [6.45, 7) is 0. The van der Waals surface area contributed by atoms with Crippen molar-refractivity contribution in [1.82, 2.24) is 0 Å². The van der Waals surface area contributed by atoms with E-state index in [1.54, 1.807) is 0 Å². The lowest BCUT2D eigenvalue weighted by molar-refractivity contribution is 1.64. The first-order chi connectivity index (χ1) is 8.74. The molecule has 0 aliphatic heterocycles. The SMILES string of the molecule is Clc1ccc(-c2ccc3ccccc3c2)cc1Cl. The van der Waals surface area contributed by atoms with Crippen molar-refractivity contribution in [3.05, 3.63) is 70.7 Å². The number of hydrogen-bond acceptors (Lipinski definition) is 0. The topological polar surface area (TPSA) is 0 Å². The highest BCUT2D eigenvalue weighted by molar-refractivity contribution is 6.42. The minimum atomic E-state index is 0.584. The summed E-state index contributed by atoms with van der Waals surface area (Å²) in [6, 6.07) is 20.4. The van der Waals surface area contributed by atoms with Gasteiger partial charge >= 0.3 is 0 Å². The molecule has 0 fully saturated rings. The van der Waals surface area contributed by atoms with Crippen LogP contribution in [-0.4, -0.2) is 0 Å². The van der Waals surface area contributed by atoms with Gasteiger partial charge in [0, 0.05) is 0 Å². The molecule has 18 heavy (non-hydrogen) atoms. The van der Waals surface area contributed by atoms with Gasteiger partial charge in [-0.05, 0) is 40.1 Å². The maximum atomic E-state index is 6.05. The van der Waals surface area contributed by atoms with E-state index in [9.17, 15) is 0 Å². The lowest BCUT2D eigenvalue weighted by Gasteiger charge is -2.05. The third-order valence-corrected chi connectivity index (χ3v) is 3.74. The summed E-state index contributed by atoms with van der Waals surface area (Å²) in [5, 5.41) is 3.63. The number of fused-ring (bicyclic) bond motifs is 1. The molecular formula is C16H10Cl2. The van der Waals surface area contributed by atoms with Gasteiger partial charge in [0.05, 0.1) is 10.0 Å². The zero-order valence-electron chi connectivity index (χ0n) is 9.53. The number of benzene rings is 3. The van der Waals surface area contributed by atoms with Crippen molar-refractivity contribution in [2.24, 2.45) is 0 Å². The Morgan fingerprint density at radius 2 is 1.22 bits per heavy atom. The molecule has 2 heteroatoms. The first-order valence-electron chi connectivity index (χ1n) is 5.68. The van der Waals surface area contributed by atoms with Gasteiger partial charge in [0.1, 0.15) is 0 Å². The van der Waals surface area contributed by atoms with E-state index in [4.69, 9.17) is 23.2 Å². The summed E-state index contributed by atoms with van der Waals surface area (Å²) in [5.41, 5.74) is 2.22. The molecule has 0 aliphatic rings. The van der Waals surface area contributed by atoms with E-state index in [1.807, 2.05) is 30.3 Å². The predicted octanol–water partition coefficient (Wildman–Crippen LogP) is 5.81. The Morgan fingerprint density at radius 3 is 2.00 bits per heavy atom. The fourth-order valence-electron chi connectivity index (χ4n) is 2.04. The van der Waals surface area contributed by atoms with Crippen LogP contribution in [-0.2, 0) is 0 Å². The van der Waals surface area contributed by atoms with Gasteiger partial charge in [-0.25, -0.2) is 0 Å². The summed E-state index contributed by atoms with van der Waals surface area (Å²) in [5.74, 6) is 0. The maximum absolute atomic E-state index is 6.05. The van der Waals surface area contributed by atoms with Crippen LogP contribution in [0, 0.1) is 0 Å². The molecule has 0 unspecified atom stereocenters. The van der Waals surface area contributed by atoms with Crippen molar-refractivity contribution in [2.45, 2.75) is 0 Å². The molecule has 3 aromatic rings. The molecule has 0 amide bonds. The molecule has 0 N–H and O–H groups in total. The Balaban J connectivity index is 2.16. The first-order valence-corrected chi connectivity index (χ1v) is 6.44. The zero-order valence-corrected chi connectivity index (χ0v) is 11.0. The second-order valence-electron chi connectivity index (χ2n) is 4.19. The third kappa shape index (κ3) is 2.10. The van der Waals surface area contributed by atoms with Crippen LogP contribution in [0.2, 0.25) is 10.0 Å². The van der Waals surface area contributed by atoms with Gasteiger partial charge < -0.3 is 0 Å². The first kappa shape index (κ1) is 11.6. The fourth-order valence-corrected chi connectivity index (χ4v) is 2.34. The third-order valence-electron chi connectivity index (χ3n) is 3.00. The molecule has 0 atom stereocenters. The van der Waals surface area contributed by atoms with Gasteiger partial charge in [0.2, 0.25) is 0 Å². The molecule has 0 nitrogen and oxygen atoms in total. The average molecular weight is 273 g/mol. The second kappa shape index (κ2) is 4.64. The van der Waals surface area contributed by atoms with Gasteiger partial charge in [-0.3, -0.25) is 0 Å². The summed E-state index contributed by atoms with van der Waals surface area (Å²) in [4.78, 5) is 0. The molecule has 0 saturated carbocycles. The lowest BCUT2D eigenvalue weighted by atomic mass is 10.0. The van der Waals surface area contributed by atoms with Crippen LogP contribution in [0.3, 0.4) is 0 Å². The van der Waals surface area contributed by atoms with E-state index in [-0.39, 0.29) is 0 Å². The Bertz CT molecular complexity index is 717. The molecule has 0 saturated heterocycles. The minimum absolute atomic E-state index is 0.584. The molecule has 0 heterocycles. The molecule has 0 spiro atoms. The molecule has 0 radical (unpaired) electrons. The van der Waals surface area contributed by atoms with Crippen LogP contribution in [0.15, 0.2) is 60.7 Å². The van der Waals surface area contributed by atoms with Crippen molar-refractivity contribution in [3.8, 4) is 11.1 Å². The van der Waals surface area contributed by atoms with Crippen molar-refractivity contribution in [3.63, 3.8) is 0 Å². The van der Waals surface area contributed by atoms with E-state index >= 15 is 0 Å². The Morgan fingerprint density at radius 1 is 0.556 bits per heavy atom. The van der Waals surface area contributed by atoms with Crippen molar-refractivity contribution >= 4 is 34.0 Å². The quantitative estimate of drug-likeness (QED) is 0.524. The normalized spacial score (nSPS) is 10.8. The highest BCUT2D eigenvalue weighted by atomic mass is 35.5. The van der Waals surface area contributed by atoms with Gasteiger partial charge in [0.25, 0.3) is 0 Å². The van der Waals surface area contributed by atoms with Gasteiger partial charge in [0.15, 0.2) is 0 Å². The highest BCUT2D eigenvalue weighted by Gasteiger charge is 2.03. The molecule has 0 bridgehead atoms.